The first-order valence-electron chi connectivity index (χ1n) is 9.70. The lowest BCUT2D eigenvalue weighted by Crippen LogP contribution is -2.17. The molecule has 34 heavy (non-hydrogen) atoms. The summed E-state index contributed by atoms with van der Waals surface area (Å²) in [6, 6.07) is 7.14. The van der Waals surface area contributed by atoms with Crippen LogP contribution in [-0.4, -0.2) is 45.2 Å². The van der Waals surface area contributed by atoms with Gasteiger partial charge >= 0.3 is 12.1 Å². The molecule has 13 heteroatoms. The van der Waals surface area contributed by atoms with Gasteiger partial charge in [-0.3, -0.25) is 9.36 Å². The summed E-state index contributed by atoms with van der Waals surface area (Å²) in [5, 5.41) is 27.0. The molecule has 1 aromatic heterocycles. The zero-order chi connectivity index (χ0) is 24.8. The Morgan fingerprint density at radius 1 is 1.21 bits per heavy atom. The van der Waals surface area contributed by atoms with Gasteiger partial charge < -0.3 is 24.4 Å². The predicted molar refractivity (Wildman–Crippen MR) is 111 cm³/mol. The van der Waals surface area contributed by atoms with E-state index in [1.807, 2.05) is 0 Å². The number of nitrogens with zero attached hydrogens (tertiary/aromatic N) is 3. The van der Waals surface area contributed by atoms with Crippen molar-refractivity contribution in [2.75, 3.05) is 14.2 Å². The Morgan fingerprint density at radius 2 is 1.94 bits per heavy atom. The molecule has 0 bridgehead atoms. The van der Waals surface area contributed by atoms with Crippen LogP contribution in [0.4, 0.5) is 13.2 Å². The SMILES string of the molecule is COc1cccc([C@H]2O[C@H](CC(=O)O)c3nnc(C(F)(F)F)n3-c3c(O)cc(Cl)cc32)c1OC. The van der Waals surface area contributed by atoms with Gasteiger partial charge in [-0.25, -0.2) is 0 Å². The standard InChI is InChI=1S/C21H17ClF3N3O6/c1-32-13-5-3-4-10(18(13)33-2)17-11-6-9(22)7-12(29)16(11)28-19(14(34-17)8-15(30)31)26-27-20(28)21(23,24)25/h3-7,14,17,29H,8H2,1-2H3,(H,30,31)/t14-,17-/m1/s1. The average Bonchev–Trinajstić information content (AvgIpc) is 3.15. The van der Waals surface area contributed by atoms with E-state index in [2.05, 4.69) is 10.2 Å². The highest BCUT2D eigenvalue weighted by Gasteiger charge is 2.44. The Morgan fingerprint density at radius 3 is 2.56 bits per heavy atom. The van der Waals surface area contributed by atoms with E-state index in [0.717, 1.165) is 6.07 Å². The van der Waals surface area contributed by atoms with E-state index in [0.29, 0.717) is 15.9 Å². The van der Waals surface area contributed by atoms with E-state index in [4.69, 9.17) is 25.8 Å². The average molecular weight is 500 g/mol. The van der Waals surface area contributed by atoms with Crippen LogP contribution in [0.2, 0.25) is 5.02 Å². The maximum absolute atomic E-state index is 13.8. The second-order valence-corrected chi connectivity index (χ2v) is 7.70. The number of aromatic hydroxyl groups is 1. The molecule has 4 rings (SSSR count). The molecular formula is C21H17ClF3N3O6. The molecular weight excluding hydrogens is 483 g/mol. The first-order valence-corrected chi connectivity index (χ1v) is 10.1. The third-order valence-electron chi connectivity index (χ3n) is 5.20. The van der Waals surface area contributed by atoms with Gasteiger partial charge in [0.05, 0.1) is 26.3 Å². The third-order valence-corrected chi connectivity index (χ3v) is 5.41. The number of ether oxygens (including phenoxy) is 3. The maximum atomic E-state index is 13.8. The van der Waals surface area contributed by atoms with Crippen molar-refractivity contribution in [2.24, 2.45) is 0 Å². The van der Waals surface area contributed by atoms with Gasteiger partial charge in [0.1, 0.15) is 18.0 Å². The number of carboxylic acids is 1. The minimum Gasteiger partial charge on any atom is -0.506 e. The Balaban J connectivity index is 2.09. The first-order chi connectivity index (χ1) is 16.1. The number of phenolic OH excluding ortho intramolecular Hbond substituents is 1. The minimum absolute atomic E-state index is 0.00609. The van der Waals surface area contributed by atoms with E-state index >= 15 is 0 Å². The lowest BCUT2D eigenvalue weighted by molar-refractivity contribution is -0.146. The number of aromatic nitrogens is 3. The summed E-state index contributed by atoms with van der Waals surface area (Å²) in [7, 11) is 2.76. The van der Waals surface area contributed by atoms with Gasteiger partial charge in [0, 0.05) is 22.2 Å². The molecule has 2 aromatic carbocycles. The molecule has 0 amide bonds. The fourth-order valence-electron chi connectivity index (χ4n) is 3.91. The monoisotopic (exact) mass is 499 g/mol. The van der Waals surface area contributed by atoms with Crippen molar-refractivity contribution in [3.05, 3.63) is 58.1 Å². The number of phenols is 1. The predicted octanol–water partition coefficient (Wildman–Crippen LogP) is 4.30. The molecule has 0 spiro atoms. The van der Waals surface area contributed by atoms with Gasteiger partial charge in [-0.2, -0.15) is 13.2 Å². The van der Waals surface area contributed by atoms with Crippen LogP contribution in [0.1, 0.15) is 41.4 Å². The summed E-state index contributed by atoms with van der Waals surface area (Å²) in [6.07, 6.45) is -8.42. The Kier molecular flexibility index (Phi) is 6.04. The minimum atomic E-state index is -4.98. The van der Waals surface area contributed by atoms with Crippen LogP contribution in [0.3, 0.4) is 0 Å². The molecule has 2 atom stereocenters. The number of rotatable bonds is 5. The molecule has 0 unspecified atom stereocenters. The van der Waals surface area contributed by atoms with Crippen molar-refractivity contribution in [2.45, 2.75) is 24.8 Å². The zero-order valence-electron chi connectivity index (χ0n) is 17.6. The summed E-state index contributed by atoms with van der Waals surface area (Å²) in [4.78, 5) is 11.6. The quantitative estimate of drug-likeness (QED) is 0.534. The topological polar surface area (TPSA) is 116 Å². The van der Waals surface area contributed by atoms with E-state index in [9.17, 15) is 28.2 Å². The van der Waals surface area contributed by atoms with Gasteiger partial charge in [0.25, 0.3) is 0 Å². The number of halogens is 4. The summed E-state index contributed by atoms with van der Waals surface area (Å²) >= 11 is 6.14. The van der Waals surface area contributed by atoms with Crippen LogP contribution in [0, 0.1) is 0 Å². The molecule has 2 heterocycles. The fourth-order valence-corrected chi connectivity index (χ4v) is 4.13. The molecule has 180 valence electrons. The summed E-state index contributed by atoms with van der Waals surface area (Å²) in [6.45, 7) is 0. The van der Waals surface area contributed by atoms with E-state index < -0.39 is 48.2 Å². The summed E-state index contributed by atoms with van der Waals surface area (Å²) < 4.78 is 58.9. The zero-order valence-corrected chi connectivity index (χ0v) is 18.4. The molecule has 9 nitrogen and oxygen atoms in total. The van der Waals surface area contributed by atoms with E-state index in [1.54, 1.807) is 18.2 Å². The smallest absolute Gasteiger partial charge is 0.452 e. The van der Waals surface area contributed by atoms with Crippen molar-refractivity contribution in [3.63, 3.8) is 0 Å². The molecule has 2 N–H and O–H groups in total. The highest BCUT2D eigenvalue weighted by molar-refractivity contribution is 6.30. The second kappa shape index (κ2) is 8.69. The normalized spacial score (nSPS) is 17.5. The van der Waals surface area contributed by atoms with Crippen LogP contribution in [0.15, 0.2) is 30.3 Å². The number of carboxylic acid groups (broad SMARTS) is 1. The highest BCUT2D eigenvalue weighted by Crippen LogP contribution is 2.49. The maximum Gasteiger partial charge on any atom is 0.452 e. The molecule has 3 aromatic rings. The Labute approximate surface area is 195 Å². The fraction of sp³-hybridized carbons (Fsp3) is 0.286. The van der Waals surface area contributed by atoms with Crippen molar-refractivity contribution in [1.82, 2.24) is 14.8 Å². The van der Waals surface area contributed by atoms with Gasteiger partial charge in [-0.05, 0) is 12.1 Å². The summed E-state index contributed by atoms with van der Waals surface area (Å²) in [5.74, 6) is -3.37. The molecule has 0 fully saturated rings. The number of alkyl halides is 3. The Hall–Kier alpha value is -3.51. The molecule has 0 saturated carbocycles. The van der Waals surface area contributed by atoms with E-state index in [-0.39, 0.29) is 22.0 Å². The van der Waals surface area contributed by atoms with Crippen molar-refractivity contribution in [3.8, 4) is 22.9 Å². The van der Waals surface area contributed by atoms with Crippen LogP contribution < -0.4 is 9.47 Å². The lowest BCUT2D eigenvalue weighted by atomic mass is 9.97. The number of fused-ring (bicyclic) bond motifs is 3. The number of hydrogen-bond acceptors (Lipinski definition) is 7. The van der Waals surface area contributed by atoms with Gasteiger partial charge in [-0.1, -0.05) is 23.7 Å². The third kappa shape index (κ3) is 3.99. The van der Waals surface area contributed by atoms with Crippen LogP contribution in [-0.2, 0) is 15.7 Å². The molecule has 0 aliphatic carbocycles. The van der Waals surface area contributed by atoms with E-state index in [1.165, 1.54) is 20.3 Å². The van der Waals surface area contributed by atoms with Crippen molar-refractivity contribution in [1.29, 1.82) is 0 Å². The van der Waals surface area contributed by atoms with Crippen molar-refractivity contribution < 1.29 is 42.4 Å². The number of aliphatic carboxylic acids is 1. The van der Waals surface area contributed by atoms with Gasteiger partial charge in [0.15, 0.2) is 17.3 Å². The highest BCUT2D eigenvalue weighted by atomic mass is 35.5. The number of para-hydroxylation sites is 1. The molecule has 0 saturated heterocycles. The second-order valence-electron chi connectivity index (χ2n) is 7.26. The summed E-state index contributed by atoms with van der Waals surface area (Å²) in [5.41, 5.74) is -0.0390. The number of hydrogen-bond donors (Lipinski definition) is 2. The molecule has 0 radical (unpaired) electrons. The number of carbonyl (C=O) groups is 1. The first kappa shape index (κ1) is 23.6. The lowest BCUT2D eigenvalue weighted by Gasteiger charge is -2.24. The Bertz CT molecular complexity index is 1260. The van der Waals surface area contributed by atoms with Crippen LogP contribution >= 0.6 is 11.6 Å². The van der Waals surface area contributed by atoms with Crippen LogP contribution in [0.5, 0.6) is 17.2 Å². The molecule has 1 aliphatic heterocycles. The van der Waals surface area contributed by atoms with Gasteiger partial charge in [-0.15, -0.1) is 10.2 Å². The van der Waals surface area contributed by atoms with Crippen LogP contribution in [0.25, 0.3) is 5.69 Å². The number of benzene rings is 2. The van der Waals surface area contributed by atoms with Crippen molar-refractivity contribution >= 4 is 17.6 Å². The largest absolute Gasteiger partial charge is 0.506 e. The van der Waals surface area contributed by atoms with Gasteiger partial charge in [0.2, 0.25) is 5.82 Å². The number of methoxy groups -OCH3 is 2. The molecule has 1 aliphatic rings.